The fourth-order valence-electron chi connectivity index (χ4n) is 4.02. The molecule has 1 aromatic carbocycles. The third kappa shape index (κ3) is 3.32. The number of aromatic amines is 1. The van der Waals surface area contributed by atoms with Crippen molar-refractivity contribution in [1.82, 2.24) is 15.0 Å². The number of aliphatic hydroxyl groups is 1. The van der Waals surface area contributed by atoms with Crippen LogP contribution in [-0.4, -0.2) is 38.5 Å². The average Bonchev–Trinajstić information content (AvgIpc) is 3.13. The Labute approximate surface area is 158 Å². The van der Waals surface area contributed by atoms with Crippen molar-refractivity contribution < 1.29 is 9.90 Å². The minimum absolute atomic E-state index is 0.0421. The molecule has 0 bridgehead atoms. The van der Waals surface area contributed by atoms with Gasteiger partial charge in [-0.15, -0.1) is 0 Å². The molecule has 1 saturated carbocycles. The zero-order valence-corrected chi connectivity index (χ0v) is 15.4. The lowest BCUT2D eigenvalue weighted by Crippen LogP contribution is -2.34. The molecule has 6 nitrogen and oxygen atoms in total. The van der Waals surface area contributed by atoms with Crippen molar-refractivity contribution in [1.29, 1.82) is 0 Å². The molecule has 1 fully saturated rings. The summed E-state index contributed by atoms with van der Waals surface area (Å²) in [4.78, 5) is 25.0. The van der Waals surface area contributed by atoms with Gasteiger partial charge < -0.3 is 15.4 Å². The van der Waals surface area contributed by atoms with Crippen molar-refractivity contribution in [3.8, 4) is 0 Å². The maximum Gasteiger partial charge on any atom is 0.195 e. The summed E-state index contributed by atoms with van der Waals surface area (Å²) < 4.78 is 0. The highest BCUT2D eigenvalue weighted by Gasteiger charge is 2.26. The monoisotopic (exact) mass is 364 g/mol. The highest BCUT2D eigenvalue weighted by atomic mass is 16.3. The van der Waals surface area contributed by atoms with E-state index < -0.39 is 0 Å². The lowest BCUT2D eigenvalue weighted by atomic mass is 9.85. The minimum Gasteiger partial charge on any atom is -0.396 e. The normalized spacial score (nSPS) is 19.9. The third-order valence-corrected chi connectivity index (χ3v) is 5.57. The molecule has 140 valence electrons. The summed E-state index contributed by atoms with van der Waals surface area (Å²) in [5.41, 5.74) is 2.83. The fraction of sp³-hybridized carbons (Fsp3) is 0.381. The molecule has 2 atom stereocenters. The molecule has 0 saturated heterocycles. The maximum absolute atomic E-state index is 13.2. The molecule has 0 aliphatic heterocycles. The fourth-order valence-corrected chi connectivity index (χ4v) is 4.02. The lowest BCUT2D eigenvalue weighted by Gasteiger charge is -2.31. The summed E-state index contributed by atoms with van der Waals surface area (Å²) in [5, 5.41) is 13.9. The van der Waals surface area contributed by atoms with Crippen LogP contribution in [0.1, 0.15) is 47.2 Å². The van der Waals surface area contributed by atoms with Crippen LogP contribution < -0.4 is 5.32 Å². The van der Waals surface area contributed by atoms with E-state index in [1.807, 2.05) is 31.2 Å². The van der Waals surface area contributed by atoms with E-state index in [0.717, 1.165) is 31.2 Å². The molecule has 0 spiro atoms. The van der Waals surface area contributed by atoms with Gasteiger partial charge in [0.1, 0.15) is 17.8 Å². The summed E-state index contributed by atoms with van der Waals surface area (Å²) in [6.07, 6.45) is 7.48. The molecule has 1 aliphatic rings. The molecule has 0 amide bonds. The van der Waals surface area contributed by atoms with E-state index in [1.54, 1.807) is 6.20 Å². The number of carbonyl (C=O) groups is 1. The summed E-state index contributed by atoms with van der Waals surface area (Å²) in [7, 11) is 0. The largest absolute Gasteiger partial charge is 0.396 e. The van der Waals surface area contributed by atoms with Gasteiger partial charge in [-0.1, -0.05) is 37.1 Å². The number of aryl methyl sites for hydroxylation is 1. The van der Waals surface area contributed by atoms with Crippen LogP contribution in [0, 0.1) is 12.8 Å². The van der Waals surface area contributed by atoms with Crippen LogP contribution >= 0.6 is 0 Å². The minimum atomic E-state index is -0.0421. The Balaban J connectivity index is 1.74. The Hall–Kier alpha value is -2.73. The van der Waals surface area contributed by atoms with E-state index in [1.165, 1.54) is 6.33 Å². The quantitative estimate of drug-likeness (QED) is 0.603. The number of rotatable bonds is 5. The van der Waals surface area contributed by atoms with Gasteiger partial charge in [0, 0.05) is 30.3 Å². The molecule has 0 radical (unpaired) electrons. The van der Waals surface area contributed by atoms with Gasteiger partial charge in [0.05, 0.1) is 10.9 Å². The van der Waals surface area contributed by atoms with Gasteiger partial charge in [-0.2, -0.15) is 0 Å². The molecule has 6 heteroatoms. The Morgan fingerprint density at radius 3 is 2.85 bits per heavy atom. The van der Waals surface area contributed by atoms with Crippen molar-refractivity contribution in [3.63, 3.8) is 0 Å². The second-order valence-corrected chi connectivity index (χ2v) is 7.27. The number of anilines is 1. The highest BCUT2D eigenvalue weighted by molar-refractivity contribution is 6.18. The molecule has 2 aromatic heterocycles. The van der Waals surface area contributed by atoms with E-state index in [4.69, 9.17) is 0 Å². The number of nitrogens with zero attached hydrogens (tertiary/aromatic N) is 2. The molecular weight excluding hydrogens is 340 g/mol. The molecule has 4 rings (SSSR count). The zero-order chi connectivity index (χ0) is 18.8. The summed E-state index contributed by atoms with van der Waals surface area (Å²) in [5.74, 6) is 0.821. The van der Waals surface area contributed by atoms with Crippen molar-refractivity contribution in [2.75, 3.05) is 11.9 Å². The van der Waals surface area contributed by atoms with E-state index in [-0.39, 0.29) is 24.3 Å². The molecule has 1 aliphatic carbocycles. The Bertz CT molecular complexity index is 966. The van der Waals surface area contributed by atoms with Crippen LogP contribution in [0.15, 0.2) is 36.8 Å². The number of benzene rings is 1. The van der Waals surface area contributed by atoms with Gasteiger partial charge in [-0.05, 0) is 25.3 Å². The van der Waals surface area contributed by atoms with E-state index in [0.29, 0.717) is 28.0 Å². The molecular formula is C21H24N4O2. The Kier molecular flexibility index (Phi) is 4.90. The number of H-pyrrole nitrogens is 1. The number of ketones is 1. The Morgan fingerprint density at radius 2 is 2.04 bits per heavy atom. The van der Waals surface area contributed by atoms with Gasteiger partial charge in [0.15, 0.2) is 5.78 Å². The first-order valence-electron chi connectivity index (χ1n) is 9.49. The predicted molar refractivity (Wildman–Crippen MR) is 105 cm³/mol. The number of nitrogens with one attached hydrogen (secondary N) is 2. The second kappa shape index (κ2) is 7.48. The van der Waals surface area contributed by atoms with E-state index >= 15 is 0 Å². The summed E-state index contributed by atoms with van der Waals surface area (Å²) in [6, 6.07) is 7.73. The molecule has 3 aromatic rings. The number of aromatic nitrogens is 3. The molecule has 0 unspecified atom stereocenters. The van der Waals surface area contributed by atoms with Crippen molar-refractivity contribution >= 4 is 22.6 Å². The van der Waals surface area contributed by atoms with Gasteiger partial charge in [0.2, 0.25) is 0 Å². The lowest BCUT2D eigenvalue weighted by molar-refractivity contribution is 0.103. The van der Waals surface area contributed by atoms with Crippen molar-refractivity contribution in [3.05, 3.63) is 53.5 Å². The molecule has 2 heterocycles. The van der Waals surface area contributed by atoms with Gasteiger partial charge in [-0.3, -0.25) is 4.79 Å². The number of hydrogen-bond donors (Lipinski definition) is 3. The van der Waals surface area contributed by atoms with Crippen molar-refractivity contribution in [2.45, 2.75) is 38.6 Å². The van der Waals surface area contributed by atoms with E-state index in [2.05, 4.69) is 20.3 Å². The smallest absolute Gasteiger partial charge is 0.195 e. The summed E-state index contributed by atoms with van der Waals surface area (Å²) in [6.45, 7) is 2.10. The number of carbonyl (C=O) groups excluding carboxylic acids is 1. The third-order valence-electron chi connectivity index (χ3n) is 5.57. The van der Waals surface area contributed by atoms with Gasteiger partial charge >= 0.3 is 0 Å². The van der Waals surface area contributed by atoms with Crippen LogP contribution in [0.3, 0.4) is 0 Å². The van der Waals surface area contributed by atoms with Crippen molar-refractivity contribution in [2.24, 2.45) is 5.92 Å². The van der Waals surface area contributed by atoms with Crippen LogP contribution in [0.25, 0.3) is 11.0 Å². The SMILES string of the molecule is Cc1ccccc1C(=O)c1c[nH]c2ncnc(N[C@H]3CCCC[C@@H]3CO)c12. The number of hydrogen-bond acceptors (Lipinski definition) is 5. The zero-order valence-electron chi connectivity index (χ0n) is 15.4. The van der Waals surface area contributed by atoms with Crippen LogP contribution in [0.4, 0.5) is 5.82 Å². The van der Waals surface area contributed by atoms with Gasteiger partial charge in [-0.25, -0.2) is 9.97 Å². The summed E-state index contributed by atoms with van der Waals surface area (Å²) >= 11 is 0. The molecule has 3 N–H and O–H groups in total. The Morgan fingerprint density at radius 1 is 1.22 bits per heavy atom. The van der Waals surface area contributed by atoms with E-state index in [9.17, 15) is 9.90 Å². The average molecular weight is 364 g/mol. The number of aliphatic hydroxyl groups excluding tert-OH is 1. The maximum atomic E-state index is 13.2. The van der Waals surface area contributed by atoms with Crippen LogP contribution in [-0.2, 0) is 0 Å². The van der Waals surface area contributed by atoms with Gasteiger partial charge in [0.25, 0.3) is 0 Å². The van der Waals surface area contributed by atoms with Crippen LogP contribution in [0.2, 0.25) is 0 Å². The predicted octanol–water partition coefficient (Wildman–Crippen LogP) is 3.46. The number of fused-ring (bicyclic) bond motifs is 1. The highest BCUT2D eigenvalue weighted by Crippen LogP contribution is 2.31. The first kappa shape index (κ1) is 17.7. The van der Waals surface area contributed by atoms with Crippen LogP contribution in [0.5, 0.6) is 0 Å². The topological polar surface area (TPSA) is 90.9 Å². The molecule has 27 heavy (non-hydrogen) atoms. The standard InChI is InChI=1S/C21H24N4O2/c1-13-6-2-4-8-15(13)19(27)16-10-22-20-18(16)21(24-12-23-20)25-17-9-5-3-7-14(17)11-26/h2,4,6,8,10,12,14,17,26H,3,5,7,9,11H2,1H3,(H2,22,23,24,25)/t14-,17+/m1/s1. The first-order valence-corrected chi connectivity index (χ1v) is 9.49. The first-order chi connectivity index (χ1) is 13.2. The second-order valence-electron chi connectivity index (χ2n) is 7.27.